The van der Waals surface area contributed by atoms with Gasteiger partial charge in [-0.05, 0) is 73.6 Å². The first-order valence-electron chi connectivity index (χ1n) is 11.6. The highest BCUT2D eigenvalue weighted by atomic mass is 35.5. The van der Waals surface area contributed by atoms with Crippen LogP contribution < -0.4 is 4.90 Å². The normalized spacial score (nSPS) is 18.6. The van der Waals surface area contributed by atoms with Crippen LogP contribution in [0.4, 0.5) is 14.5 Å². The highest BCUT2D eigenvalue weighted by Gasteiger charge is 2.34. The SMILES string of the molecule is CC1C(C)N(c2cccc(Cl)c2)CCN1C(=O)c1ccc([S+]([O-])CC(=O)c2cccc(F)c2F)c(Cl)c1. The van der Waals surface area contributed by atoms with Crippen LogP contribution in [-0.4, -0.2) is 52.1 Å². The zero-order chi connectivity index (χ0) is 26.9. The number of carbonyl (C=O) groups is 2. The number of rotatable bonds is 6. The van der Waals surface area contributed by atoms with Gasteiger partial charge < -0.3 is 14.4 Å². The molecular formula is C27H24Cl2F2N2O3S. The summed E-state index contributed by atoms with van der Waals surface area (Å²) in [5.74, 6) is -4.05. The number of amides is 1. The number of piperazine rings is 1. The zero-order valence-electron chi connectivity index (χ0n) is 20.1. The average molecular weight is 565 g/mol. The smallest absolute Gasteiger partial charge is 0.254 e. The van der Waals surface area contributed by atoms with Crippen LogP contribution in [0.1, 0.15) is 34.6 Å². The van der Waals surface area contributed by atoms with E-state index in [4.69, 9.17) is 23.2 Å². The summed E-state index contributed by atoms with van der Waals surface area (Å²) in [7, 11) is 0. The van der Waals surface area contributed by atoms with E-state index in [-0.39, 0.29) is 27.9 Å². The molecule has 1 amide bonds. The lowest BCUT2D eigenvalue weighted by molar-refractivity contribution is 0.0633. The van der Waals surface area contributed by atoms with Crippen molar-refractivity contribution in [1.82, 2.24) is 4.90 Å². The Morgan fingerprint density at radius 2 is 1.73 bits per heavy atom. The van der Waals surface area contributed by atoms with E-state index < -0.39 is 39.9 Å². The summed E-state index contributed by atoms with van der Waals surface area (Å²) in [6, 6.07) is 15.1. The van der Waals surface area contributed by atoms with E-state index in [9.17, 15) is 22.9 Å². The molecule has 0 aromatic heterocycles. The molecule has 5 nitrogen and oxygen atoms in total. The van der Waals surface area contributed by atoms with E-state index in [1.807, 2.05) is 38.1 Å². The first-order valence-corrected chi connectivity index (χ1v) is 13.6. The molecule has 37 heavy (non-hydrogen) atoms. The minimum absolute atomic E-state index is 0.0210. The summed E-state index contributed by atoms with van der Waals surface area (Å²) in [5, 5.41) is 0.695. The Morgan fingerprint density at radius 1 is 1.00 bits per heavy atom. The minimum Gasteiger partial charge on any atom is -0.611 e. The van der Waals surface area contributed by atoms with Crippen LogP contribution in [0, 0.1) is 11.6 Å². The number of nitrogens with zero attached hydrogens (tertiary/aromatic N) is 2. The highest BCUT2D eigenvalue weighted by Crippen LogP contribution is 2.29. The van der Waals surface area contributed by atoms with Crippen LogP contribution >= 0.6 is 23.2 Å². The Balaban J connectivity index is 1.46. The first kappa shape index (κ1) is 27.4. The van der Waals surface area contributed by atoms with Crippen LogP contribution in [0.5, 0.6) is 0 Å². The Bertz CT molecular complexity index is 1340. The van der Waals surface area contributed by atoms with Gasteiger partial charge in [-0.3, -0.25) is 9.59 Å². The summed E-state index contributed by atoms with van der Waals surface area (Å²) in [6.45, 7) is 5.12. The van der Waals surface area contributed by atoms with Gasteiger partial charge in [-0.25, -0.2) is 8.78 Å². The fourth-order valence-electron chi connectivity index (χ4n) is 4.43. The van der Waals surface area contributed by atoms with Gasteiger partial charge in [0.05, 0.1) is 10.6 Å². The largest absolute Gasteiger partial charge is 0.611 e. The Labute approximate surface area is 227 Å². The lowest BCUT2D eigenvalue weighted by Crippen LogP contribution is -2.59. The molecule has 10 heteroatoms. The molecule has 3 aromatic carbocycles. The van der Waals surface area contributed by atoms with Gasteiger partial charge in [-0.1, -0.05) is 35.3 Å². The predicted octanol–water partition coefficient (Wildman–Crippen LogP) is 6.00. The van der Waals surface area contributed by atoms with E-state index >= 15 is 0 Å². The van der Waals surface area contributed by atoms with E-state index in [1.54, 1.807) is 4.90 Å². The average Bonchev–Trinajstić information content (AvgIpc) is 2.86. The molecule has 0 N–H and O–H groups in total. The molecule has 0 saturated carbocycles. The highest BCUT2D eigenvalue weighted by molar-refractivity contribution is 7.92. The van der Waals surface area contributed by atoms with Gasteiger partial charge in [0.1, 0.15) is 0 Å². The van der Waals surface area contributed by atoms with Crippen molar-refractivity contribution in [2.24, 2.45) is 0 Å². The Morgan fingerprint density at radius 3 is 2.43 bits per heavy atom. The molecule has 1 aliphatic heterocycles. The number of hydrogen-bond acceptors (Lipinski definition) is 4. The lowest BCUT2D eigenvalue weighted by Gasteiger charge is -2.46. The zero-order valence-corrected chi connectivity index (χ0v) is 22.4. The molecule has 0 radical (unpaired) electrons. The van der Waals surface area contributed by atoms with Gasteiger partial charge in [-0.2, -0.15) is 0 Å². The van der Waals surface area contributed by atoms with Crippen LogP contribution in [0.2, 0.25) is 10.0 Å². The molecule has 4 rings (SSSR count). The molecule has 1 fully saturated rings. The van der Waals surface area contributed by atoms with Crippen LogP contribution in [0.15, 0.2) is 65.6 Å². The molecule has 0 spiro atoms. The van der Waals surface area contributed by atoms with Gasteiger partial charge >= 0.3 is 0 Å². The van der Waals surface area contributed by atoms with Crippen molar-refractivity contribution >= 4 is 51.8 Å². The van der Waals surface area contributed by atoms with Crippen molar-refractivity contribution in [3.8, 4) is 0 Å². The molecule has 3 atom stereocenters. The molecule has 1 saturated heterocycles. The molecule has 0 aliphatic carbocycles. The standard InChI is InChI=1S/C27H24Cl2F2N2O3S/c1-16-17(2)33(12-11-32(16)20-6-3-5-19(28)14-20)27(35)18-9-10-25(22(29)13-18)37(36)15-24(34)21-7-4-8-23(30)26(21)31/h3-10,13-14,16-17H,11-12,15H2,1-2H3. The molecule has 3 aromatic rings. The third-order valence-corrected chi connectivity index (χ3v) is 8.63. The maximum absolute atomic E-state index is 13.9. The van der Waals surface area contributed by atoms with E-state index in [1.165, 1.54) is 24.3 Å². The summed E-state index contributed by atoms with van der Waals surface area (Å²) >= 11 is 10.6. The fraction of sp³-hybridized carbons (Fsp3) is 0.259. The maximum atomic E-state index is 13.9. The van der Waals surface area contributed by atoms with Crippen molar-refractivity contribution in [3.05, 3.63) is 93.5 Å². The van der Waals surface area contributed by atoms with Gasteiger partial charge in [-0.15, -0.1) is 0 Å². The number of halogens is 4. The van der Waals surface area contributed by atoms with Crippen molar-refractivity contribution in [2.75, 3.05) is 23.7 Å². The molecule has 3 unspecified atom stereocenters. The molecule has 1 heterocycles. The van der Waals surface area contributed by atoms with Gasteiger partial charge in [0.25, 0.3) is 5.91 Å². The number of anilines is 1. The van der Waals surface area contributed by atoms with Crippen molar-refractivity contribution in [2.45, 2.75) is 30.8 Å². The third kappa shape index (κ3) is 5.77. The van der Waals surface area contributed by atoms with Crippen LogP contribution in [0.3, 0.4) is 0 Å². The minimum atomic E-state index is -1.92. The second-order valence-corrected chi connectivity index (χ2v) is 11.1. The predicted molar refractivity (Wildman–Crippen MR) is 142 cm³/mol. The van der Waals surface area contributed by atoms with Crippen LogP contribution in [0.25, 0.3) is 0 Å². The summed E-state index contributed by atoms with van der Waals surface area (Å²) in [4.78, 5) is 29.8. The monoisotopic (exact) mass is 564 g/mol. The Kier molecular flexibility index (Phi) is 8.43. The fourth-order valence-corrected chi connectivity index (χ4v) is 6.10. The number of hydrogen-bond donors (Lipinski definition) is 0. The summed E-state index contributed by atoms with van der Waals surface area (Å²) < 4.78 is 40.2. The molecule has 0 bridgehead atoms. The van der Waals surface area contributed by atoms with Gasteiger partial charge in [0.15, 0.2) is 22.3 Å². The quantitative estimate of drug-likeness (QED) is 0.272. The van der Waals surface area contributed by atoms with Crippen LogP contribution in [-0.2, 0) is 11.2 Å². The van der Waals surface area contributed by atoms with Gasteiger partial charge in [0.2, 0.25) is 5.78 Å². The second-order valence-electron chi connectivity index (χ2n) is 8.81. The first-order chi connectivity index (χ1) is 17.6. The van der Waals surface area contributed by atoms with Crippen molar-refractivity contribution < 1.29 is 22.9 Å². The van der Waals surface area contributed by atoms with E-state index in [0.717, 1.165) is 17.8 Å². The molecule has 1 aliphatic rings. The summed E-state index contributed by atoms with van der Waals surface area (Å²) in [6.07, 6.45) is 0. The van der Waals surface area contributed by atoms with Crippen molar-refractivity contribution in [3.63, 3.8) is 0 Å². The van der Waals surface area contributed by atoms with Crippen molar-refractivity contribution in [1.29, 1.82) is 0 Å². The Hall–Kier alpha value is -2.65. The molecular weight excluding hydrogens is 541 g/mol. The third-order valence-electron chi connectivity index (χ3n) is 6.60. The number of carbonyl (C=O) groups excluding carboxylic acids is 2. The van der Waals surface area contributed by atoms with E-state index in [2.05, 4.69) is 4.90 Å². The molecule has 194 valence electrons. The second kappa shape index (κ2) is 11.4. The van der Waals surface area contributed by atoms with Gasteiger partial charge in [0, 0.05) is 41.4 Å². The lowest BCUT2D eigenvalue weighted by atomic mass is 10.0. The van der Waals surface area contributed by atoms with E-state index in [0.29, 0.717) is 23.7 Å². The topological polar surface area (TPSA) is 63.7 Å². The number of Topliss-reactive ketones (excluding diaryl/α,β-unsaturated/α-hetero) is 1. The summed E-state index contributed by atoms with van der Waals surface area (Å²) in [5.41, 5.74) is 0.835. The maximum Gasteiger partial charge on any atom is 0.254 e. The number of benzene rings is 3. The number of ketones is 1.